The standard InChI is InChI=1S/C21H20N8O/c1-14-10-23-13-17(26-14)16-9-18-15(11-24-16)12-25-29(18)20-4-2-3-19(27-20)28-8-7-22-6-5-21(28)30/h2-4,9-13,22H,5-8H2,1H3. The maximum atomic E-state index is 12.5. The van der Waals surface area contributed by atoms with Crippen molar-refractivity contribution >= 4 is 22.6 Å². The minimum Gasteiger partial charge on any atom is -0.314 e. The number of aryl methyl sites for hydroxylation is 1. The summed E-state index contributed by atoms with van der Waals surface area (Å²) < 4.78 is 1.76. The Labute approximate surface area is 172 Å². The molecule has 0 aliphatic carbocycles. The van der Waals surface area contributed by atoms with Crippen LogP contribution in [0.15, 0.2) is 49.1 Å². The molecule has 9 heteroatoms. The number of aromatic nitrogens is 6. The van der Waals surface area contributed by atoms with Crippen LogP contribution in [0.1, 0.15) is 12.1 Å². The number of nitrogens with one attached hydrogen (secondary N) is 1. The van der Waals surface area contributed by atoms with Crippen molar-refractivity contribution in [1.29, 1.82) is 0 Å². The van der Waals surface area contributed by atoms with E-state index in [0.717, 1.165) is 23.1 Å². The largest absolute Gasteiger partial charge is 0.314 e. The molecule has 30 heavy (non-hydrogen) atoms. The maximum Gasteiger partial charge on any atom is 0.229 e. The van der Waals surface area contributed by atoms with Crippen LogP contribution in [-0.4, -0.2) is 55.3 Å². The van der Waals surface area contributed by atoms with Gasteiger partial charge in [-0.05, 0) is 25.1 Å². The van der Waals surface area contributed by atoms with Gasteiger partial charge in [-0.15, -0.1) is 0 Å². The molecule has 150 valence electrons. The second kappa shape index (κ2) is 7.60. The Morgan fingerprint density at radius 2 is 1.90 bits per heavy atom. The molecular weight excluding hydrogens is 380 g/mol. The molecule has 0 bridgehead atoms. The Balaban J connectivity index is 1.56. The third-order valence-corrected chi connectivity index (χ3v) is 5.01. The zero-order valence-corrected chi connectivity index (χ0v) is 16.5. The van der Waals surface area contributed by atoms with Crippen LogP contribution in [0.4, 0.5) is 5.82 Å². The van der Waals surface area contributed by atoms with Crippen molar-refractivity contribution in [3.8, 4) is 17.2 Å². The summed E-state index contributed by atoms with van der Waals surface area (Å²) in [5.74, 6) is 1.34. The summed E-state index contributed by atoms with van der Waals surface area (Å²) in [6.07, 6.45) is 7.39. The van der Waals surface area contributed by atoms with Gasteiger partial charge < -0.3 is 5.32 Å². The number of nitrogens with zero attached hydrogens (tertiary/aromatic N) is 7. The van der Waals surface area contributed by atoms with Gasteiger partial charge in [-0.1, -0.05) is 6.07 Å². The molecule has 5 rings (SSSR count). The van der Waals surface area contributed by atoms with Crippen molar-refractivity contribution in [2.45, 2.75) is 13.3 Å². The lowest BCUT2D eigenvalue weighted by molar-refractivity contribution is -0.118. The van der Waals surface area contributed by atoms with Crippen molar-refractivity contribution in [3.63, 3.8) is 0 Å². The summed E-state index contributed by atoms with van der Waals surface area (Å²) in [5, 5.41) is 8.64. The lowest BCUT2D eigenvalue weighted by atomic mass is 10.2. The monoisotopic (exact) mass is 400 g/mol. The molecule has 0 unspecified atom stereocenters. The van der Waals surface area contributed by atoms with E-state index in [-0.39, 0.29) is 5.91 Å². The van der Waals surface area contributed by atoms with Crippen LogP contribution in [0.5, 0.6) is 0 Å². The van der Waals surface area contributed by atoms with E-state index >= 15 is 0 Å². The molecular formula is C21H20N8O. The summed E-state index contributed by atoms with van der Waals surface area (Å²) in [7, 11) is 0. The van der Waals surface area contributed by atoms with Crippen LogP contribution in [0.2, 0.25) is 0 Å². The molecule has 4 aromatic rings. The zero-order valence-electron chi connectivity index (χ0n) is 16.5. The van der Waals surface area contributed by atoms with Crippen LogP contribution in [0.3, 0.4) is 0 Å². The average Bonchev–Trinajstić information content (AvgIpc) is 3.07. The minimum absolute atomic E-state index is 0.0690. The lowest BCUT2D eigenvalue weighted by Crippen LogP contribution is -2.33. The van der Waals surface area contributed by atoms with Gasteiger partial charge in [0.05, 0.1) is 29.3 Å². The van der Waals surface area contributed by atoms with Gasteiger partial charge in [0.1, 0.15) is 11.5 Å². The summed E-state index contributed by atoms with van der Waals surface area (Å²) in [6.45, 7) is 3.93. The molecule has 1 saturated heterocycles. The van der Waals surface area contributed by atoms with Gasteiger partial charge >= 0.3 is 0 Å². The van der Waals surface area contributed by atoms with Crippen LogP contribution in [0, 0.1) is 6.92 Å². The summed E-state index contributed by atoms with van der Waals surface area (Å²) in [4.78, 5) is 32.1. The number of fused-ring (bicyclic) bond motifs is 1. The fourth-order valence-corrected chi connectivity index (χ4v) is 3.52. The van der Waals surface area contributed by atoms with E-state index in [0.29, 0.717) is 42.5 Å². The van der Waals surface area contributed by atoms with Gasteiger partial charge in [0.2, 0.25) is 5.91 Å². The highest BCUT2D eigenvalue weighted by atomic mass is 16.2. The van der Waals surface area contributed by atoms with E-state index in [4.69, 9.17) is 4.98 Å². The van der Waals surface area contributed by atoms with E-state index in [1.165, 1.54) is 0 Å². The zero-order chi connectivity index (χ0) is 20.5. The van der Waals surface area contributed by atoms with Crippen molar-refractivity contribution in [2.75, 3.05) is 24.5 Å². The number of amides is 1. The molecule has 1 amide bonds. The molecule has 1 aliphatic heterocycles. The van der Waals surface area contributed by atoms with Gasteiger partial charge in [0.25, 0.3) is 0 Å². The van der Waals surface area contributed by atoms with Gasteiger partial charge in [-0.3, -0.25) is 19.7 Å². The van der Waals surface area contributed by atoms with E-state index in [1.807, 2.05) is 31.2 Å². The number of anilines is 1. The van der Waals surface area contributed by atoms with E-state index in [2.05, 4.69) is 25.4 Å². The fraction of sp³-hybridized carbons (Fsp3) is 0.238. The molecule has 5 heterocycles. The first kappa shape index (κ1) is 18.3. The lowest BCUT2D eigenvalue weighted by Gasteiger charge is -2.19. The van der Waals surface area contributed by atoms with Crippen molar-refractivity contribution < 1.29 is 4.79 Å². The Morgan fingerprint density at radius 3 is 2.80 bits per heavy atom. The molecule has 0 atom stereocenters. The highest BCUT2D eigenvalue weighted by Gasteiger charge is 2.20. The normalized spacial score (nSPS) is 14.8. The van der Waals surface area contributed by atoms with Crippen molar-refractivity contribution in [1.82, 2.24) is 35.0 Å². The van der Waals surface area contributed by atoms with Crippen LogP contribution in [-0.2, 0) is 4.79 Å². The number of rotatable bonds is 3. The van der Waals surface area contributed by atoms with E-state index < -0.39 is 0 Å². The first-order valence-corrected chi connectivity index (χ1v) is 9.80. The number of hydrogen-bond donors (Lipinski definition) is 1. The quantitative estimate of drug-likeness (QED) is 0.560. The molecule has 0 saturated carbocycles. The Bertz CT molecular complexity index is 1230. The minimum atomic E-state index is 0.0690. The average molecular weight is 400 g/mol. The number of carbonyl (C=O) groups is 1. The highest BCUT2D eigenvalue weighted by molar-refractivity contribution is 5.93. The highest BCUT2D eigenvalue weighted by Crippen LogP contribution is 2.23. The van der Waals surface area contributed by atoms with Crippen LogP contribution < -0.4 is 10.2 Å². The predicted molar refractivity (Wildman–Crippen MR) is 112 cm³/mol. The second-order valence-corrected chi connectivity index (χ2v) is 7.13. The van der Waals surface area contributed by atoms with E-state index in [9.17, 15) is 4.79 Å². The smallest absolute Gasteiger partial charge is 0.229 e. The Morgan fingerprint density at radius 1 is 1.00 bits per heavy atom. The van der Waals surface area contributed by atoms with Crippen molar-refractivity contribution in [2.24, 2.45) is 0 Å². The SMILES string of the molecule is Cc1cncc(-c2cc3c(cn2)cnn3-c2cccc(N3CCNCCC3=O)n2)n1. The maximum absolute atomic E-state index is 12.5. The first-order chi connectivity index (χ1) is 14.7. The predicted octanol–water partition coefficient (Wildman–Crippen LogP) is 1.91. The molecule has 1 fully saturated rings. The fourth-order valence-electron chi connectivity index (χ4n) is 3.52. The van der Waals surface area contributed by atoms with Crippen molar-refractivity contribution in [3.05, 3.63) is 54.7 Å². The van der Waals surface area contributed by atoms with E-state index in [1.54, 1.807) is 34.4 Å². The molecule has 0 aromatic carbocycles. The summed E-state index contributed by atoms with van der Waals surface area (Å²) in [6, 6.07) is 7.56. The van der Waals surface area contributed by atoms with Gasteiger partial charge in [0.15, 0.2) is 5.82 Å². The Hall–Kier alpha value is -3.72. The van der Waals surface area contributed by atoms with Gasteiger partial charge in [-0.25, -0.2) is 14.6 Å². The van der Waals surface area contributed by atoms with Crippen LogP contribution in [0.25, 0.3) is 28.1 Å². The van der Waals surface area contributed by atoms with Crippen LogP contribution >= 0.6 is 0 Å². The first-order valence-electron chi connectivity index (χ1n) is 9.80. The summed E-state index contributed by atoms with van der Waals surface area (Å²) >= 11 is 0. The molecule has 1 aliphatic rings. The molecule has 0 spiro atoms. The third-order valence-electron chi connectivity index (χ3n) is 5.01. The summed E-state index contributed by atoms with van der Waals surface area (Å²) in [5.41, 5.74) is 3.10. The Kier molecular flexibility index (Phi) is 4.64. The topological polar surface area (TPSA) is 102 Å². The van der Waals surface area contributed by atoms with Gasteiger partial charge in [0, 0.05) is 43.8 Å². The second-order valence-electron chi connectivity index (χ2n) is 7.13. The third kappa shape index (κ3) is 3.39. The van der Waals surface area contributed by atoms with Gasteiger partial charge in [-0.2, -0.15) is 5.10 Å². The number of carbonyl (C=O) groups excluding carboxylic acids is 1. The molecule has 4 aromatic heterocycles. The number of hydrogen-bond acceptors (Lipinski definition) is 7. The molecule has 1 N–H and O–H groups in total. The molecule has 9 nitrogen and oxygen atoms in total. The molecule has 0 radical (unpaired) electrons. The number of pyridine rings is 2.